The van der Waals surface area contributed by atoms with Crippen LogP contribution in [-0.4, -0.2) is 36.4 Å². The van der Waals surface area contributed by atoms with Gasteiger partial charge >= 0.3 is 0 Å². The van der Waals surface area contributed by atoms with Crippen LogP contribution in [0.25, 0.3) is 0 Å². The average Bonchev–Trinajstić information content (AvgIpc) is 2.93. The maximum absolute atomic E-state index is 10.8. The first-order valence-corrected chi connectivity index (χ1v) is 7.35. The molecule has 0 aliphatic carbocycles. The van der Waals surface area contributed by atoms with Gasteiger partial charge in [0.2, 0.25) is 0 Å². The monoisotopic (exact) mass is 292 g/mol. The molecule has 114 valence electrons. The van der Waals surface area contributed by atoms with Crippen molar-refractivity contribution >= 4 is 5.69 Å². The molecule has 6 heteroatoms. The maximum Gasteiger partial charge on any atom is 0.269 e. The van der Waals surface area contributed by atoms with Gasteiger partial charge in [0.05, 0.1) is 17.1 Å². The summed E-state index contributed by atoms with van der Waals surface area (Å²) < 4.78 is 11.4. The largest absolute Gasteiger partial charge is 0.378 e. The van der Waals surface area contributed by atoms with Crippen LogP contribution in [0.4, 0.5) is 5.69 Å². The fraction of sp³-hybridized carbons (Fsp3) is 0.600. The molecule has 0 saturated carbocycles. The number of nitro groups is 1. The number of nitro benzene ring substituents is 1. The fourth-order valence-corrected chi connectivity index (χ4v) is 3.11. The summed E-state index contributed by atoms with van der Waals surface area (Å²) in [6.07, 6.45) is 2.88. The van der Waals surface area contributed by atoms with Gasteiger partial charge < -0.3 is 14.8 Å². The van der Waals surface area contributed by atoms with Crippen molar-refractivity contribution in [1.29, 1.82) is 0 Å². The van der Waals surface area contributed by atoms with E-state index in [1.165, 1.54) is 6.07 Å². The molecule has 2 aliphatic heterocycles. The van der Waals surface area contributed by atoms with E-state index in [0.29, 0.717) is 19.2 Å². The molecule has 0 bridgehead atoms. The Bertz CT molecular complexity index is 514. The quantitative estimate of drug-likeness (QED) is 0.679. The number of nitrogens with one attached hydrogen (secondary N) is 1. The topological polar surface area (TPSA) is 73.6 Å². The molecule has 1 aromatic rings. The summed E-state index contributed by atoms with van der Waals surface area (Å²) in [6.45, 7) is 2.85. The highest BCUT2D eigenvalue weighted by Crippen LogP contribution is 2.32. The van der Waals surface area contributed by atoms with Crippen LogP contribution in [0.15, 0.2) is 24.3 Å². The van der Waals surface area contributed by atoms with Crippen LogP contribution in [0.1, 0.15) is 24.8 Å². The lowest BCUT2D eigenvalue weighted by Gasteiger charge is -2.37. The smallest absolute Gasteiger partial charge is 0.269 e. The van der Waals surface area contributed by atoms with E-state index in [2.05, 4.69) is 5.32 Å². The Morgan fingerprint density at radius 3 is 3.10 bits per heavy atom. The lowest BCUT2D eigenvalue weighted by atomic mass is 9.89. The Labute approximate surface area is 123 Å². The van der Waals surface area contributed by atoms with Gasteiger partial charge in [-0.2, -0.15) is 0 Å². The molecule has 1 spiro atoms. The third-order valence-electron chi connectivity index (χ3n) is 4.28. The first kappa shape index (κ1) is 14.4. The van der Waals surface area contributed by atoms with Crippen LogP contribution in [-0.2, 0) is 16.0 Å². The van der Waals surface area contributed by atoms with Crippen molar-refractivity contribution in [2.75, 3.05) is 19.8 Å². The first-order chi connectivity index (χ1) is 10.2. The van der Waals surface area contributed by atoms with Crippen molar-refractivity contribution in [1.82, 2.24) is 5.32 Å². The molecule has 2 fully saturated rings. The Morgan fingerprint density at radius 1 is 1.43 bits per heavy atom. The van der Waals surface area contributed by atoms with E-state index in [0.717, 1.165) is 38.0 Å². The van der Waals surface area contributed by atoms with Gasteiger partial charge in [0, 0.05) is 44.4 Å². The van der Waals surface area contributed by atoms with Gasteiger partial charge in [0.25, 0.3) is 5.69 Å². The molecule has 0 aromatic heterocycles. The lowest BCUT2D eigenvalue weighted by molar-refractivity contribution is -0.384. The third-order valence-corrected chi connectivity index (χ3v) is 4.28. The second-order valence-corrected chi connectivity index (χ2v) is 5.83. The Morgan fingerprint density at radius 2 is 2.33 bits per heavy atom. The number of hydrogen-bond acceptors (Lipinski definition) is 5. The average molecular weight is 292 g/mol. The number of benzene rings is 1. The molecule has 6 nitrogen and oxygen atoms in total. The van der Waals surface area contributed by atoms with Crippen LogP contribution in [0.3, 0.4) is 0 Å². The highest BCUT2D eigenvalue weighted by molar-refractivity contribution is 5.34. The van der Waals surface area contributed by atoms with Crippen molar-refractivity contribution < 1.29 is 14.4 Å². The van der Waals surface area contributed by atoms with Crippen molar-refractivity contribution in [3.05, 3.63) is 39.9 Å². The molecule has 2 atom stereocenters. The number of rotatable bonds is 4. The SMILES string of the molecule is O=[N+]([O-])c1cccc(CNC2CCOC3(CCOC3)C2)c1. The molecule has 2 saturated heterocycles. The van der Waals surface area contributed by atoms with Gasteiger partial charge in [-0.15, -0.1) is 0 Å². The second kappa shape index (κ2) is 6.09. The van der Waals surface area contributed by atoms with E-state index < -0.39 is 0 Å². The zero-order chi connectivity index (χ0) is 14.7. The zero-order valence-corrected chi connectivity index (χ0v) is 11.9. The summed E-state index contributed by atoms with van der Waals surface area (Å²) in [5.41, 5.74) is 0.966. The lowest BCUT2D eigenvalue weighted by Crippen LogP contribution is -2.47. The summed E-state index contributed by atoms with van der Waals surface area (Å²) in [7, 11) is 0. The van der Waals surface area contributed by atoms with Crippen LogP contribution in [0, 0.1) is 10.1 Å². The minimum absolute atomic E-state index is 0.112. The van der Waals surface area contributed by atoms with Gasteiger partial charge in [0.15, 0.2) is 0 Å². The minimum atomic E-state index is -0.358. The van der Waals surface area contributed by atoms with Gasteiger partial charge in [-0.05, 0) is 18.4 Å². The van der Waals surface area contributed by atoms with Crippen LogP contribution in [0.5, 0.6) is 0 Å². The fourth-order valence-electron chi connectivity index (χ4n) is 3.11. The molecular formula is C15H20N2O4. The van der Waals surface area contributed by atoms with Gasteiger partial charge in [0.1, 0.15) is 0 Å². The maximum atomic E-state index is 10.8. The molecular weight excluding hydrogens is 272 g/mol. The second-order valence-electron chi connectivity index (χ2n) is 5.83. The molecule has 1 N–H and O–H groups in total. The normalized spacial score (nSPS) is 28.9. The van der Waals surface area contributed by atoms with Gasteiger partial charge in [-0.1, -0.05) is 12.1 Å². The zero-order valence-electron chi connectivity index (χ0n) is 11.9. The van der Waals surface area contributed by atoms with E-state index in [9.17, 15) is 10.1 Å². The van der Waals surface area contributed by atoms with Crippen molar-refractivity contribution in [2.24, 2.45) is 0 Å². The van der Waals surface area contributed by atoms with E-state index in [4.69, 9.17) is 9.47 Å². The first-order valence-electron chi connectivity index (χ1n) is 7.35. The van der Waals surface area contributed by atoms with Crippen molar-refractivity contribution in [2.45, 2.75) is 37.5 Å². The van der Waals surface area contributed by atoms with Crippen LogP contribution >= 0.6 is 0 Å². The number of ether oxygens (including phenoxy) is 2. The van der Waals surface area contributed by atoms with E-state index in [-0.39, 0.29) is 16.2 Å². The Kier molecular flexibility index (Phi) is 4.19. The molecule has 21 heavy (non-hydrogen) atoms. The number of hydrogen-bond donors (Lipinski definition) is 1. The summed E-state index contributed by atoms with van der Waals surface area (Å²) in [5, 5.41) is 14.3. The summed E-state index contributed by atoms with van der Waals surface area (Å²) >= 11 is 0. The molecule has 0 amide bonds. The molecule has 2 unspecified atom stereocenters. The molecule has 2 aliphatic rings. The third kappa shape index (κ3) is 3.40. The van der Waals surface area contributed by atoms with E-state index in [1.807, 2.05) is 6.07 Å². The molecule has 1 aromatic carbocycles. The molecule has 2 heterocycles. The summed E-state index contributed by atoms with van der Waals surface area (Å²) in [4.78, 5) is 10.4. The van der Waals surface area contributed by atoms with Gasteiger partial charge in [-0.3, -0.25) is 10.1 Å². The van der Waals surface area contributed by atoms with Crippen molar-refractivity contribution in [3.63, 3.8) is 0 Å². The number of nitrogens with zero attached hydrogens (tertiary/aromatic N) is 1. The van der Waals surface area contributed by atoms with Gasteiger partial charge in [-0.25, -0.2) is 0 Å². The predicted octanol–water partition coefficient (Wildman–Crippen LogP) is 2.02. The van der Waals surface area contributed by atoms with E-state index >= 15 is 0 Å². The highest BCUT2D eigenvalue weighted by atomic mass is 16.6. The van der Waals surface area contributed by atoms with Crippen molar-refractivity contribution in [3.8, 4) is 0 Å². The van der Waals surface area contributed by atoms with Crippen LogP contribution in [0.2, 0.25) is 0 Å². The standard InChI is InChI=1S/C15H20N2O4/c18-17(19)14-3-1-2-12(8-14)10-16-13-4-6-21-15(9-13)5-7-20-11-15/h1-3,8,13,16H,4-7,9-11H2. The number of non-ortho nitro benzene ring substituents is 1. The Balaban J connectivity index is 1.57. The summed E-state index contributed by atoms with van der Waals surface area (Å²) in [6, 6.07) is 7.16. The molecule has 0 radical (unpaired) electrons. The minimum Gasteiger partial charge on any atom is -0.378 e. The van der Waals surface area contributed by atoms with E-state index in [1.54, 1.807) is 12.1 Å². The highest BCUT2D eigenvalue weighted by Gasteiger charge is 2.40. The predicted molar refractivity (Wildman–Crippen MR) is 77.1 cm³/mol. The van der Waals surface area contributed by atoms with Crippen LogP contribution < -0.4 is 5.32 Å². The molecule has 3 rings (SSSR count). The summed E-state index contributed by atoms with van der Waals surface area (Å²) in [5.74, 6) is 0. The Hall–Kier alpha value is -1.50.